The predicted molar refractivity (Wildman–Crippen MR) is 138 cm³/mol. The Morgan fingerprint density at radius 2 is 1.94 bits per heavy atom. The van der Waals surface area contributed by atoms with E-state index in [1.165, 1.54) is 18.6 Å². The molecule has 0 bridgehead atoms. The third kappa shape index (κ3) is 4.41. The minimum atomic E-state index is -0.425. The third-order valence-corrected chi connectivity index (χ3v) is 5.58. The number of aromatic nitrogens is 3. The maximum Gasteiger partial charge on any atom is 0.263 e. The van der Waals surface area contributed by atoms with Gasteiger partial charge in [0.05, 0.1) is 17.6 Å². The summed E-state index contributed by atoms with van der Waals surface area (Å²) in [5.74, 6) is 0.325. The number of pyridine rings is 1. The number of nitrogens with one attached hydrogen (secondary N) is 1. The number of allylic oxidation sites excluding steroid dienone is 2. The van der Waals surface area contributed by atoms with Crippen LogP contribution in [-0.4, -0.2) is 14.5 Å². The molecule has 0 fully saturated rings. The topological polar surface area (TPSA) is 162 Å². The molecule has 0 unspecified atom stereocenters. The average Bonchev–Trinajstić information content (AvgIpc) is 2.87. The predicted octanol–water partition coefficient (Wildman–Crippen LogP) is 3.18. The Morgan fingerprint density at radius 3 is 2.63 bits per heavy atom. The number of anilines is 2. The van der Waals surface area contributed by atoms with Crippen molar-refractivity contribution in [2.45, 2.75) is 13.0 Å². The number of nitrogen functional groups attached to an aromatic ring is 1. The van der Waals surface area contributed by atoms with Crippen molar-refractivity contribution in [2.75, 3.05) is 11.1 Å². The normalized spacial score (nSPS) is 12.5. The molecular formula is C26H24N8O. The second-order valence-corrected chi connectivity index (χ2v) is 7.76. The first kappa shape index (κ1) is 23.1. The molecule has 0 radical (unpaired) electrons. The number of hydrogen-bond donors (Lipinski definition) is 4. The lowest BCUT2D eigenvalue weighted by Gasteiger charge is -2.22. The fourth-order valence-corrected chi connectivity index (χ4v) is 3.99. The van der Waals surface area contributed by atoms with Crippen molar-refractivity contribution in [1.29, 1.82) is 5.26 Å². The summed E-state index contributed by atoms with van der Waals surface area (Å²) in [5.41, 5.74) is 19.9. The van der Waals surface area contributed by atoms with Gasteiger partial charge in [0.1, 0.15) is 17.5 Å². The van der Waals surface area contributed by atoms with Gasteiger partial charge in [-0.2, -0.15) is 10.2 Å². The van der Waals surface area contributed by atoms with Crippen LogP contribution in [0.2, 0.25) is 0 Å². The van der Waals surface area contributed by atoms with Gasteiger partial charge in [0, 0.05) is 17.6 Å². The fraction of sp³-hybridized carbons (Fsp3) is 0.0769. The minimum Gasteiger partial charge on any atom is -0.405 e. The quantitative estimate of drug-likeness (QED) is 0.316. The molecule has 0 saturated carbocycles. The molecule has 0 aliphatic carbocycles. The highest BCUT2D eigenvalue weighted by Gasteiger charge is 2.20. The maximum atomic E-state index is 14.0. The first-order valence-corrected chi connectivity index (χ1v) is 10.8. The van der Waals surface area contributed by atoms with Gasteiger partial charge >= 0.3 is 0 Å². The smallest absolute Gasteiger partial charge is 0.263 e. The third-order valence-electron chi connectivity index (χ3n) is 5.58. The second-order valence-electron chi connectivity index (χ2n) is 7.76. The summed E-state index contributed by atoms with van der Waals surface area (Å²) in [7, 11) is 0. The molecule has 2 aromatic carbocycles. The van der Waals surface area contributed by atoms with Crippen molar-refractivity contribution in [2.24, 2.45) is 11.5 Å². The molecular weight excluding hydrogens is 440 g/mol. The second kappa shape index (κ2) is 9.80. The van der Waals surface area contributed by atoms with Gasteiger partial charge in [-0.05, 0) is 53.9 Å². The van der Waals surface area contributed by atoms with Crippen LogP contribution < -0.4 is 28.1 Å². The molecule has 7 N–H and O–H groups in total. The number of fused-ring (bicyclic) bond motifs is 1. The Kier molecular flexibility index (Phi) is 6.46. The molecule has 0 saturated heterocycles. The molecule has 9 nitrogen and oxygen atoms in total. The van der Waals surface area contributed by atoms with E-state index in [9.17, 15) is 10.1 Å². The SMILES string of the molecule is C[C@H](Nc1nc(N)ncc1C#N)c1cc2cccc(C(/C=C\N)=C/N)c2c(=O)n1-c1ccccc1. The number of hydrogen-bond acceptors (Lipinski definition) is 8. The van der Waals surface area contributed by atoms with Gasteiger partial charge in [-0.15, -0.1) is 0 Å². The van der Waals surface area contributed by atoms with E-state index in [0.717, 1.165) is 5.39 Å². The zero-order valence-corrected chi connectivity index (χ0v) is 19.0. The monoisotopic (exact) mass is 464 g/mol. The Bertz CT molecular complexity index is 1550. The Morgan fingerprint density at radius 1 is 1.17 bits per heavy atom. The van der Waals surface area contributed by atoms with E-state index < -0.39 is 6.04 Å². The van der Waals surface area contributed by atoms with E-state index in [0.29, 0.717) is 27.9 Å². The summed E-state index contributed by atoms with van der Waals surface area (Å²) >= 11 is 0. The lowest BCUT2D eigenvalue weighted by molar-refractivity contribution is 0.772. The van der Waals surface area contributed by atoms with Crippen LogP contribution in [-0.2, 0) is 0 Å². The molecule has 4 rings (SSSR count). The van der Waals surface area contributed by atoms with E-state index >= 15 is 0 Å². The van der Waals surface area contributed by atoms with Crippen molar-refractivity contribution in [3.63, 3.8) is 0 Å². The Balaban J connectivity index is 1.99. The molecule has 1 atom stereocenters. The van der Waals surface area contributed by atoms with Crippen LogP contribution in [0.3, 0.4) is 0 Å². The molecule has 0 spiro atoms. The van der Waals surface area contributed by atoms with E-state index in [1.807, 2.05) is 61.5 Å². The van der Waals surface area contributed by atoms with Crippen molar-refractivity contribution in [3.8, 4) is 11.8 Å². The summed E-state index contributed by atoms with van der Waals surface area (Å²) in [4.78, 5) is 22.1. The molecule has 0 aliphatic heterocycles. The number of nitriles is 1. The minimum absolute atomic E-state index is 0.0383. The van der Waals surface area contributed by atoms with E-state index in [4.69, 9.17) is 17.2 Å². The van der Waals surface area contributed by atoms with E-state index in [1.54, 1.807) is 10.6 Å². The van der Waals surface area contributed by atoms with Crippen molar-refractivity contribution < 1.29 is 0 Å². The highest BCUT2D eigenvalue weighted by Crippen LogP contribution is 2.28. The number of nitrogens with zero attached hydrogens (tertiary/aromatic N) is 4. The largest absolute Gasteiger partial charge is 0.405 e. The molecule has 2 heterocycles. The fourth-order valence-electron chi connectivity index (χ4n) is 3.99. The van der Waals surface area contributed by atoms with Crippen molar-refractivity contribution in [1.82, 2.24) is 14.5 Å². The first-order chi connectivity index (χ1) is 17.0. The highest BCUT2D eigenvalue weighted by atomic mass is 16.1. The Labute approximate surface area is 201 Å². The summed E-state index contributed by atoms with van der Waals surface area (Å²) in [5, 5.41) is 13.9. The van der Waals surface area contributed by atoms with Crippen LogP contribution in [0.4, 0.5) is 11.8 Å². The van der Waals surface area contributed by atoms with E-state index in [-0.39, 0.29) is 22.9 Å². The van der Waals surface area contributed by atoms with E-state index in [2.05, 4.69) is 21.4 Å². The van der Waals surface area contributed by atoms with Gasteiger partial charge in [-0.25, -0.2) is 4.98 Å². The lowest BCUT2D eigenvalue weighted by Crippen LogP contribution is -2.26. The highest BCUT2D eigenvalue weighted by molar-refractivity contribution is 5.96. The molecule has 0 aliphatic rings. The average molecular weight is 465 g/mol. The van der Waals surface area contributed by atoms with Gasteiger partial charge in [-0.3, -0.25) is 9.36 Å². The number of rotatable bonds is 6. The molecule has 2 aromatic heterocycles. The number of para-hydroxylation sites is 1. The van der Waals surface area contributed by atoms with Crippen LogP contribution in [0, 0.1) is 11.3 Å². The van der Waals surface area contributed by atoms with Crippen LogP contribution in [0.15, 0.2) is 84.1 Å². The summed E-state index contributed by atoms with van der Waals surface area (Å²) in [6.07, 6.45) is 5.82. The Hall–Kier alpha value is -5.10. The zero-order chi connectivity index (χ0) is 24.9. The first-order valence-electron chi connectivity index (χ1n) is 10.8. The van der Waals surface area contributed by atoms with Crippen LogP contribution in [0.25, 0.3) is 22.0 Å². The molecule has 174 valence electrons. The number of benzene rings is 2. The summed E-state index contributed by atoms with van der Waals surface area (Å²) < 4.78 is 1.64. The molecule has 9 heteroatoms. The lowest BCUT2D eigenvalue weighted by atomic mass is 9.98. The summed E-state index contributed by atoms with van der Waals surface area (Å²) in [6, 6.07) is 18.4. The standard InChI is InChI=1S/C26H24N8O/c1-16(32-24-19(14-29)15-31-26(30)33-24)22-12-17-6-5-9-21(18(13-28)10-11-27)23(17)25(35)34(22)20-7-3-2-4-8-20/h2-13,15-16H,27-28H2,1H3,(H3,30,31,32,33)/b11-10-,18-13+/t16-/m0/s1. The summed E-state index contributed by atoms with van der Waals surface area (Å²) in [6.45, 7) is 1.88. The van der Waals surface area contributed by atoms with Crippen LogP contribution in [0.5, 0.6) is 0 Å². The van der Waals surface area contributed by atoms with Crippen molar-refractivity contribution in [3.05, 3.63) is 106 Å². The van der Waals surface area contributed by atoms with Crippen molar-refractivity contribution >= 4 is 28.1 Å². The van der Waals surface area contributed by atoms with Gasteiger partial charge < -0.3 is 22.5 Å². The molecule has 0 amide bonds. The van der Waals surface area contributed by atoms with Gasteiger partial charge in [0.2, 0.25) is 5.95 Å². The molecule has 35 heavy (non-hydrogen) atoms. The van der Waals surface area contributed by atoms with Gasteiger partial charge in [0.25, 0.3) is 5.56 Å². The van der Waals surface area contributed by atoms with Crippen LogP contribution >= 0.6 is 0 Å². The maximum absolute atomic E-state index is 14.0. The number of nitrogens with two attached hydrogens (primary N) is 3. The van der Waals surface area contributed by atoms with Gasteiger partial charge in [-0.1, -0.05) is 36.4 Å². The zero-order valence-electron chi connectivity index (χ0n) is 19.0. The van der Waals surface area contributed by atoms with Gasteiger partial charge in [0.15, 0.2) is 0 Å². The molecule has 4 aromatic rings. The van der Waals surface area contributed by atoms with Crippen LogP contribution in [0.1, 0.15) is 29.8 Å².